The van der Waals surface area contributed by atoms with Gasteiger partial charge in [-0.05, 0) is 47.6 Å². The molecule has 1 aromatic carbocycles. The Hall–Kier alpha value is -2.24. The Balaban J connectivity index is 2.19. The van der Waals surface area contributed by atoms with E-state index < -0.39 is 5.60 Å². The van der Waals surface area contributed by atoms with E-state index in [1.165, 1.54) is 0 Å². The number of benzene rings is 1. The van der Waals surface area contributed by atoms with Gasteiger partial charge in [-0.25, -0.2) is 0 Å². The average molecular weight is 249 g/mol. The van der Waals surface area contributed by atoms with Crippen molar-refractivity contribution < 1.29 is 10.2 Å². The molecule has 0 spiro atoms. The van der Waals surface area contributed by atoms with E-state index in [0.717, 1.165) is 21.9 Å². The minimum atomic E-state index is -1.03. The van der Waals surface area contributed by atoms with Crippen LogP contribution in [0.15, 0.2) is 42.0 Å². The fraction of sp³-hybridized carbons (Fsp3) is 0.176. The van der Waals surface area contributed by atoms with Crippen LogP contribution in [0, 0.1) is 11.8 Å². The molecule has 2 aliphatic rings. The molecule has 0 amide bonds. The molecule has 2 heteroatoms. The smallest absolute Gasteiger partial charge is 0.120 e. The monoisotopic (exact) mass is 249 g/mol. The quantitative estimate of drug-likeness (QED) is 0.655. The Morgan fingerprint density at radius 3 is 2.74 bits per heavy atom. The fourth-order valence-corrected chi connectivity index (χ4v) is 2.27. The van der Waals surface area contributed by atoms with Crippen LogP contribution in [0.5, 0.6) is 0 Å². The minimum absolute atomic E-state index is 0.0573. The van der Waals surface area contributed by atoms with Gasteiger partial charge in [0.25, 0.3) is 0 Å². The van der Waals surface area contributed by atoms with Crippen molar-refractivity contribution in [2.75, 3.05) is 0 Å². The molecular formula is C17H13O2-. The van der Waals surface area contributed by atoms with Gasteiger partial charge in [-0.2, -0.15) is 0 Å². The molecule has 0 unspecified atom stereocenters. The van der Waals surface area contributed by atoms with E-state index in [-0.39, 0.29) is 5.76 Å². The molecule has 1 aromatic rings. The van der Waals surface area contributed by atoms with Crippen LogP contribution in [-0.4, -0.2) is 10.7 Å². The van der Waals surface area contributed by atoms with Crippen molar-refractivity contribution in [3.63, 3.8) is 0 Å². The second-order valence-corrected chi connectivity index (χ2v) is 5.25. The Kier molecular flexibility index (Phi) is 2.41. The summed E-state index contributed by atoms with van der Waals surface area (Å²) < 4.78 is 0. The van der Waals surface area contributed by atoms with E-state index in [9.17, 15) is 10.2 Å². The Labute approximate surface area is 111 Å². The summed E-state index contributed by atoms with van der Waals surface area (Å²) in [6.45, 7) is 3.27. The van der Waals surface area contributed by atoms with E-state index in [1.807, 2.05) is 30.4 Å². The third-order valence-corrected chi connectivity index (χ3v) is 3.13. The molecule has 0 saturated heterocycles. The first-order valence-corrected chi connectivity index (χ1v) is 6.16. The molecule has 2 aliphatic carbocycles. The van der Waals surface area contributed by atoms with Gasteiger partial charge in [0.1, 0.15) is 5.60 Å². The first-order chi connectivity index (χ1) is 8.96. The molecule has 0 radical (unpaired) electrons. The summed E-state index contributed by atoms with van der Waals surface area (Å²) in [4.78, 5) is 0. The second-order valence-electron chi connectivity index (χ2n) is 5.25. The van der Waals surface area contributed by atoms with Gasteiger partial charge in [-0.15, -0.1) is 0 Å². The minimum Gasteiger partial charge on any atom is -0.872 e. The molecule has 0 atom stereocenters. The predicted octanol–water partition coefficient (Wildman–Crippen LogP) is -0.0620. The van der Waals surface area contributed by atoms with Gasteiger partial charge in [0, 0.05) is 5.56 Å². The molecule has 0 heterocycles. The lowest BCUT2D eigenvalue weighted by Gasteiger charge is -2.09. The molecule has 94 valence electrons. The summed E-state index contributed by atoms with van der Waals surface area (Å²) in [6.07, 6.45) is 5.70. The van der Waals surface area contributed by atoms with Gasteiger partial charge in [-0.3, -0.25) is 0 Å². The number of aliphatic hydroxyl groups is 1. The first-order valence-electron chi connectivity index (χ1n) is 6.16. The van der Waals surface area contributed by atoms with Crippen LogP contribution in [0.1, 0.15) is 19.4 Å². The number of hydrogen-bond acceptors (Lipinski definition) is 2. The molecular weight excluding hydrogens is 236 g/mol. The fourth-order valence-electron chi connectivity index (χ4n) is 2.27. The van der Waals surface area contributed by atoms with Crippen LogP contribution in [0.4, 0.5) is 0 Å². The summed E-state index contributed by atoms with van der Waals surface area (Å²) in [7, 11) is 0. The zero-order valence-electron chi connectivity index (χ0n) is 10.8. The zero-order valence-corrected chi connectivity index (χ0v) is 10.8. The van der Waals surface area contributed by atoms with Crippen LogP contribution < -0.4 is 15.5 Å². The van der Waals surface area contributed by atoms with Crippen molar-refractivity contribution in [2.45, 2.75) is 19.4 Å². The predicted molar refractivity (Wildman–Crippen MR) is 72.9 cm³/mol. The summed E-state index contributed by atoms with van der Waals surface area (Å²) in [5.41, 5.74) is 1.49. The summed E-state index contributed by atoms with van der Waals surface area (Å²) in [5, 5.41) is 23.5. The van der Waals surface area contributed by atoms with Crippen LogP contribution in [0.3, 0.4) is 0 Å². The lowest BCUT2D eigenvalue weighted by Crippen LogP contribution is -2.27. The highest BCUT2D eigenvalue weighted by Crippen LogP contribution is 2.24. The van der Waals surface area contributed by atoms with E-state index in [1.54, 1.807) is 19.9 Å². The van der Waals surface area contributed by atoms with Crippen LogP contribution in [0.25, 0.3) is 11.3 Å². The van der Waals surface area contributed by atoms with Crippen molar-refractivity contribution in [2.24, 2.45) is 0 Å². The van der Waals surface area contributed by atoms with Gasteiger partial charge < -0.3 is 10.2 Å². The molecule has 0 bridgehead atoms. The Bertz CT molecular complexity index is 804. The highest BCUT2D eigenvalue weighted by Gasteiger charge is 2.14. The lowest BCUT2D eigenvalue weighted by molar-refractivity contribution is -0.244. The SMILES string of the molecule is CC(C)(O)C#Cc1ccc2c(c1)=C([O-])C1=CC=CC=21. The molecule has 0 aromatic heterocycles. The van der Waals surface area contributed by atoms with Gasteiger partial charge >= 0.3 is 0 Å². The standard InChI is InChI=1S/C17H14O2/c1-17(2,19)9-8-11-6-7-13-12-4-3-5-14(12)16(18)15(13)10-11/h3-7,10,18-19H,1-2H3/p-1. The maximum absolute atomic E-state index is 12.2. The molecule has 1 N–H and O–H groups in total. The average Bonchev–Trinajstić information content (AvgIpc) is 2.91. The Morgan fingerprint density at radius 1 is 1.21 bits per heavy atom. The number of allylic oxidation sites excluding steroid dienone is 3. The number of rotatable bonds is 0. The largest absolute Gasteiger partial charge is 0.872 e. The first kappa shape index (κ1) is 11.8. The summed E-state index contributed by atoms with van der Waals surface area (Å²) >= 11 is 0. The van der Waals surface area contributed by atoms with E-state index in [2.05, 4.69) is 11.8 Å². The third kappa shape index (κ3) is 1.99. The maximum Gasteiger partial charge on any atom is 0.120 e. The highest BCUT2D eigenvalue weighted by molar-refractivity contribution is 5.93. The molecule has 0 aliphatic heterocycles. The highest BCUT2D eigenvalue weighted by atomic mass is 16.3. The van der Waals surface area contributed by atoms with Gasteiger partial charge in [0.05, 0.1) is 0 Å². The van der Waals surface area contributed by atoms with E-state index >= 15 is 0 Å². The molecule has 19 heavy (non-hydrogen) atoms. The van der Waals surface area contributed by atoms with Crippen molar-refractivity contribution in [3.05, 3.63) is 58.0 Å². The molecule has 0 fully saturated rings. The van der Waals surface area contributed by atoms with Crippen molar-refractivity contribution in [1.29, 1.82) is 0 Å². The van der Waals surface area contributed by atoms with Crippen molar-refractivity contribution in [1.82, 2.24) is 0 Å². The van der Waals surface area contributed by atoms with Crippen molar-refractivity contribution >= 4 is 11.3 Å². The zero-order chi connectivity index (χ0) is 13.6. The molecule has 2 nitrogen and oxygen atoms in total. The van der Waals surface area contributed by atoms with Crippen LogP contribution in [-0.2, 0) is 0 Å². The van der Waals surface area contributed by atoms with Gasteiger partial charge in [-0.1, -0.05) is 41.9 Å². The molecule has 3 rings (SSSR count). The Morgan fingerprint density at radius 2 is 2.00 bits per heavy atom. The van der Waals surface area contributed by atoms with Gasteiger partial charge in [0.2, 0.25) is 0 Å². The normalized spacial score (nSPS) is 15.8. The summed E-state index contributed by atoms with van der Waals surface area (Å²) in [5.74, 6) is 5.71. The topological polar surface area (TPSA) is 43.3 Å². The van der Waals surface area contributed by atoms with Crippen LogP contribution in [0.2, 0.25) is 0 Å². The van der Waals surface area contributed by atoms with Crippen LogP contribution >= 0.6 is 0 Å². The van der Waals surface area contributed by atoms with Crippen molar-refractivity contribution in [3.8, 4) is 11.8 Å². The summed E-state index contributed by atoms with van der Waals surface area (Å²) in [6, 6.07) is 5.61. The van der Waals surface area contributed by atoms with E-state index in [4.69, 9.17) is 0 Å². The maximum atomic E-state index is 12.2. The number of fused-ring (bicyclic) bond motifs is 2. The lowest BCUT2D eigenvalue weighted by atomic mass is 10.1. The number of hydrogen-bond donors (Lipinski definition) is 1. The van der Waals surface area contributed by atoms with E-state index in [0.29, 0.717) is 5.22 Å². The molecule has 0 saturated carbocycles. The van der Waals surface area contributed by atoms with Gasteiger partial charge in [0.15, 0.2) is 0 Å². The second kappa shape index (κ2) is 3.88. The third-order valence-electron chi connectivity index (χ3n) is 3.13.